The highest BCUT2D eigenvalue weighted by molar-refractivity contribution is 5.84. The maximum Gasteiger partial charge on any atom is 0.309 e. The monoisotopic (exact) mass is 253 g/mol. The van der Waals surface area contributed by atoms with E-state index in [1.54, 1.807) is 6.92 Å². The summed E-state index contributed by atoms with van der Waals surface area (Å²) in [5.41, 5.74) is -1.26. The molecule has 2 fully saturated rings. The van der Waals surface area contributed by atoms with Gasteiger partial charge in [-0.05, 0) is 38.0 Å². The fourth-order valence-corrected chi connectivity index (χ4v) is 3.47. The van der Waals surface area contributed by atoms with Crippen molar-refractivity contribution in [2.24, 2.45) is 16.7 Å². The molecule has 1 amide bonds. The predicted octanol–water partition coefficient (Wildman–Crippen LogP) is 2.14. The number of carbonyl (C=O) groups is 2. The van der Waals surface area contributed by atoms with E-state index in [-0.39, 0.29) is 11.8 Å². The average molecular weight is 253 g/mol. The van der Waals surface area contributed by atoms with Crippen LogP contribution in [0.25, 0.3) is 0 Å². The van der Waals surface area contributed by atoms with Crippen molar-refractivity contribution in [3.8, 4) is 0 Å². The molecule has 0 spiro atoms. The minimum absolute atomic E-state index is 0.142. The molecule has 0 aromatic heterocycles. The molecule has 1 heterocycles. The van der Waals surface area contributed by atoms with Crippen molar-refractivity contribution >= 4 is 11.9 Å². The number of carboxylic acid groups (broad SMARTS) is 1. The van der Waals surface area contributed by atoms with Crippen molar-refractivity contribution in [2.45, 2.75) is 46.5 Å². The molecule has 2 atom stereocenters. The maximum absolute atomic E-state index is 12.5. The van der Waals surface area contributed by atoms with Crippen molar-refractivity contribution in [3.63, 3.8) is 0 Å². The number of hydrogen-bond acceptors (Lipinski definition) is 2. The zero-order chi connectivity index (χ0) is 13.6. The van der Waals surface area contributed by atoms with Gasteiger partial charge in [-0.3, -0.25) is 9.59 Å². The molecule has 1 N–H and O–H groups in total. The standard InChI is InChI=1S/C14H23NO3/c1-13(2)10(6-7-14(13,3)12(17)18)11(16)15-8-4-5-9-15/h10H,4-9H2,1-3H3,(H,17,18)/t10-,14+/m1/s1. The van der Waals surface area contributed by atoms with Crippen LogP contribution in [0.1, 0.15) is 46.5 Å². The minimum atomic E-state index is -0.785. The van der Waals surface area contributed by atoms with Crippen molar-refractivity contribution in [1.29, 1.82) is 0 Å². The Labute approximate surface area is 108 Å². The summed E-state index contributed by atoms with van der Waals surface area (Å²) in [5.74, 6) is -0.747. The summed E-state index contributed by atoms with van der Waals surface area (Å²) in [5, 5.41) is 9.45. The van der Waals surface area contributed by atoms with Gasteiger partial charge >= 0.3 is 5.97 Å². The molecule has 18 heavy (non-hydrogen) atoms. The summed E-state index contributed by atoms with van der Waals surface area (Å²) in [6.07, 6.45) is 3.45. The molecule has 1 saturated heterocycles. The Morgan fingerprint density at radius 1 is 1.17 bits per heavy atom. The zero-order valence-corrected chi connectivity index (χ0v) is 11.5. The normalized spacial score (nSPS) is 34.8. The van der Waals surface area contributed by atoms with Crippen molar-refractivity contribution in [3.05, 3.63) is 0 Å². The molecule has 0 bridgehead atoms. The predicted molar refractivity (Wildman–Crippen MR) is 68.1 cm³/mol. The number of amides is 1. The van der Waals surface area contributed by atoms with Gasteiger partial charge in [-0.15, -0.1) is 0 Å². The lowest BCUT2D eigenvalue weighted by Crippen LogP contribution is -2.46. The summed E-state index contributed by atoms with van der Waals surface area (Å²) in [4.78, 5) is 25.9. The Hall–Kier alpha value is -1.06. The van der Waals surface area contributed by atoms with Crippen LogP contribution in [0.15, 0.2) is 0 Å². The third-order valence-electron chi connectivity index (χ3n) is 5.41. The smallest absolute Gasteiger partial charge is 0.309 e. The van der Waals surface area contributed by atoms with Crippen LogP contribution >= 0.6 is 0 Å². The molecule has 0 unspecified atom stereocenters. The molecule has 4 heteroatoms. The van der Waals surface area contributed by atoms with Crippen LogP contribution in [0.4, 0.5) is 0 Å². The number of likely N-dealkylation sites (tertiary alicyclic amines) is 1. The van der Waals surface area contributed by atoms with Crippen LogP contribution in [0.2, 0.25) is 0 Å². The number of rotatable bonds is 2. The van der Waals surface area contributed by atoms with Crippen molar-refractivity contribution in [2.75, 3.05) is 13.1 Å². The Bertz CT molecular complexity index is 371. The molecule has 4 nitrogen and oxygen atoms in total. The number of carbonyl (C=O) groups excluding carboxylic acids is 1. The topological polar surface area (TPSA) is 57.6 Å². The van der Waals surface area contributed by atoms with Gasteiger partial charge in [0, 0.05) is 19.0 Å². The molecule has 2 aliphatic rings. The van der Waals surface area contributed by atoms with Crippen LogP contribution in [0.5, 0.6) is 0 Å². The number of hydrogen-bond donors (Lipinski definition) is 1. The summed E-state index contributed by atoms with van der Waals surface area (Å²) in [6, 6.07) is 0. The first-order valence-corrected chi connectivity index (χ1v) is 6.83. The van der Waals surface area contributed by atoms with E-state index in [1.807, 2.05) is 18.7 Å². The molecule has 1 aliphatic heterocycles. The lowest BCUT2D eigenvalue weighted by Gasteiger charge is -2.38. The highest BCUT2D eigenvalue weighted by Crippen LogP contribution is 2.56. The molecule has 0 aromatic carbocycles. The van der Waals surface area contributed by atoms with Crippen LogP contribution in [0, 0.1) is 16.7 Å². The van der Waals surface area contributed by atoms with Gasteiger partial charge in [0.15, 0.2) is 0 Å². The molecule has 1 aliphatic carbocycles. The van der Waals surface area contributed by atoms with Gasteiger partial charge in [-0.25, -0.2) is 0 Å². The number of carboxylic acids is 1. The molecule has 1 saturated carbocycles. The second kappa shape index (κ2) is 4.25. The van der Waals surface area contributed by atoms with Gasteiger partial charge in [0.05, 0.1) is 5.41 Å². The Kier molecular flexibility index (Phi) is 3.16. The van der Waals surface area contributed by atoms with Crippen molar-refractivity contribution in [1.82, 2.24) is 4.90 Å². The lowest BCUT2D eigenvalue weighted by atomic mass is 9.65. The molecule has 0 radical (unpaired) electrons. The Balaban J connectivity index is 2.21. The molecule has 2 rings (SSSR count). The first kappa shape index (κ1) is 13.4. The quantitative estimate of drug-likeness (QED) is 0.820. The van der Waals surface area contributed by atoms with E-state index in [0.29, 0.717) is 12.8 Å². The minimum Gasteiger partial charge on any atom is -0.481 e. The first-order valence-electron chi connectivity index (χ1n) is 6.83. The van der Waals surface area contributed by atoms with E-state index in [1.165, 1.54) is 0 Å². The third-order valence-corrected chi connectivity index (χ3v) is 5.41. The summed E-state index contributed by atoms with van der Waals surface area (Å²) in [6.45, 7) is 7.34. The molecule has 0 aromatic rings. The zero-order valence-electron chi connectivity index (χ0n) is 11.5. The molecular weight excluding hydrogens is 230 g/mol. The second-order valence-electron chi connectivity index (χ2n) is 6.48. The van der Waals surface area contributed by atoms with Gasteiger partial charge in [0.25, 0.3) is 0 Å². The van der Waals surface area contributed by atoms with Gasteiger partial charge in [-0.1, -0.05) is 13.8 Å². The van der Waals surface area contributed by atoms with Crippen LogP contribution in [0.3, 0.4) is 0 Å². The summed E-state index contributed by atoms with van der Waals surface area (Å²) >= 11 is 0. The Morgan fingerprint density at radius 2 is 1.72 bits per heavy atom. The van der Waals surface area contributed by atoms with E-state index in [2.05, 4.69) is 0 Å². The lowest BCUT2D eigenvalue weighted by molar-refractivity contribution is -0.156. The maximum atomic E-state index is 12.5. The van der Waals surface area contributed by atoms with Gasteiger partial charge in [0.1, 0.15) is 0 Å². The van der Waals surface area contributed by atoms with E-state index in [0.717, 1.165) is 25.9 Å². The van der Waals surface area contributed by atoms with E-state index >= 15 is 0 Å². The largest absolute Gasteiger partial charge is 0.481 e. The van der Waals surface area contributed by atoms with E-state index in [9.17, 15) is 14.7 Å². The van der Waals surface area contributed by atoms with Crippen LogP contribution < -0.4 is 0 Å². The molecular formula is C14H23NO3. The van der Waals surface area contributed by atoms with E-state index in [4.69, 9.17) is 0 Å². The van der Waals surface area contributed by atoms with Gasteiger partial charge in [0.2, 0.25) is 5.91 Å². The van der Waals surface area contributed by atoms with Crippen LogP contribution in [-0.4, -0.2) is 35.0 Å². The van der Waals surface area contributed by atoms with E-state index < -0.39 is 16.8 Å². The van der Waals surface area contributed by atoms with Gasteiger partial charge < -0.3 is 10.0 Å². The number of aliphatic carboxylic acids is 1. The first-order chi connectivity index (χ1) is 8.30. The summed E-state index contributed by atoms with van der Waals surface area (Å²) < 4.78 is 0. The Morgan fingerprint density at radius 3 is 2.17 bits per heavy atom. The van der Waals surface area contributed by atoms with Crippen LogP contribution in [-0.2, 0) is 9.59 Å². The fraction of sp³-hybridized carbons (Fsp3) is 0.857. The highest BCUT2D eigenvalue weighted by atomic mass is 16.4. The SMILES string of the molecule is CC1(C)[C@@H](C(=O)N2CCCC2)CC[C@@]1(C)C(=O)O. The third kappa shape index (κ3) is 1.73. The molecule has 102 valence electrons. The summed E-state index contributed by atoms with van der Waals surface area (Å²) in [7, 11) is 0. The fourth-order valence-electron chi connectivity index (χ4n) is 3.47. The average Bonchev–Trinajstić information content (AvgIpc) is 2.87. The van der Waals surface area contributed by atoms with Gasteiger partial charge in [-0.2, -0.15) is 0 Å². The van der Waals surface area contributed by atoms with Crippen molar-refractivity contribution < 1.29 is 14.7 Å². The second-order valence-corrected chi connectivity index (χ2v) is 6.48. The number of nitrogens with zero attached hydrogens (tertiary/aromatic N) is 1. The highest BCUT2D eigenvalue weighted by Gasteiger charge is 2.58.